The van der Waals surface area contributed by atoms with Crippen LogP contribution >= 0.6 is 0 Å². The first-order chi connectivity index (χ1) is 23.5. The third-order valence-electron chi connectivity index (χ3n) is 8.29. The van der Waals surface area contributed by atoms with Gasteiger partial charge in [0.1, 0.15) is 11.3 Å². The summed E-state index contributed by atoms with van der Waals surface area (Å²) in [5.41, 5.74) is 14.1. The second kappa shape index (κ2) is 15.2. The zero-order valence-electron chi connectivity index (χ0n) is 27.6. The molecule has 4 heteroatoms. The van der Waals surface area contributed by atoms with Crippen molar-refractivity contribution in [3.8, 4) is 56.1 Å². The summed E-state index contributed by atoms with van der Waals surface area (Å²) in [6.07, 6.45) is 3.65. The molecule has 0 atom stereocenters. The molecular weight excluding hydrogens is 777 g/mol. The average molecular weight is 811 g/mol. The molecule has 241 valence electrons. The zero-order chi connectivity index (χ0) is 32.9. The van der Waals surface area contributed by atoms with Crippen LogP contribution < -0.4 is 0 Å². The number of furan rings is 1. The van der Waals surface area contributed by atoms with Crippen LogP contribution in [-0.4, -0.2) is 9.97 Å². The molecule has 0 saturated heterocycles. The maximum absolute atomic E-state index is 6.19. The first kappa shape index (κ1) is 33.5. The Hall–Kier alpha value is -5.41. The molecule has 0 bridgehead atoms. The summed E-state index contributed by atoms with van der Waals surface area (Å²) in [5, 5.41) is 1.09. The molecule has 0 N–H and O–H groups in total. The third-order valence-corrected chi connectivity index (χ3v) is 8.29. The van der Waals surface area contributed by atoms with Gasteiger partial charge in [-0.25, -0.2) is 0 Å². The van der Waals surface area contributed by atoms with Gasteiger partial charge in [0.15, 0.2) is 0 Å². The van der Waals surface area contributed by atoms with Crippen LogP contribution in [0.25, 0.3) is 67.1 Å². The molecule has 5 aromatic carbocycles. The molecule has 49 heavy (non-hydrogen) atoms. The van der Waals surface area contributed by atoms with E-state index in [0.29, 0.717) is 0 Å². The van der Waals surface area contributed by atoms with Crippen LogP contribution in [0, 0.1) is 32.9 Å². The van der Waals surface area contributed by atoms with Crippen LogP contribution in [0.3, 0.4) is 0 Å². The molecule has 3 aromatic heterocycles. The standard InChI is InChI=1S/C34H26NO.C11H8N.Ir/c1-22-8-7-11-27(16-22)34-24(3)18-28(31-17-23(2)14-15-35-31)20-30(34)26-12-13-32-29(19-26)21-33(36-32)25-9-5-4-6-10-25;1-2-6-10(7-3-1)11-8-4-5-9-12-11;/h4-17,19-21H,1-3H3;1-6,8-9H;/q2*-1;. The largest absolute Gasteiger partial charge is 0.456 e. The molecule has 0 aliphatic rings. The van der Waals surface area contributed by atoms with Gasteiger partial charge >= 0.3 is 0 Å². The van der Waals surface area contributed by atoms with Crippen molar-refractivity contribution in [2.24, 2.45) is 0 Å². The fourth-order valence-corrected chi connectivity index (χ4v) is 5.97. The fourth-order valence-electron chi connectivity index (χ4n) is 5.97. The quantitative estimate of drug-likeness (QED) is 0.163. The minimum absolute atomic E-state index is 0. The van der Waals surface area contributed by atoms with Gasteiger partial charge in [0.2, 0.25) is 0 Å². The molecule has 0 unspecified atom stereocenters. The summed E-state index contributed by atoms with van der Waals surface area (Å²) in [5.74, 6) is 0.879. The van der Waals surface area contributed by atoms with E-state index in [9.17, 15) is 0 Å². The number of hydrogen-bond acceptors (Lipinski definition) is 3. The van der Waals surface area contributed by atoms with E-state index < -0.39 is 0 Å². The van der Waals surface area contributed by atoms with E-state index in [1.54, 1.807) is 6.20 Å². The van der Waals surface area contributed by atoms with Crippen molar-refractivity contribution < 1.29 is 24.5 Å². The van der Waals surface area contributed by atoms with Crippen LogP contribution in [0.1, 0.15) is 16.7 Å². The Morgan fingerprint density at radius 1 is 0.551 bits per heavy atom. The normalized spacial score (nSPS) is 10.6. The number of rotatable bonds is 5. The average Bonchev–Trinajstić information content (AvgIpc) is 3.57. The Kier molecular flexibility index (Phi) is 10.4. The molecule has 8 aromatic rings. The van der Waals surface area contributed by atoms with Gasteiger partial charge in [-0.05, 0) is 61.1 Å². The molecule has 1 radical (unpaired) electrons. The molecule has 0 spiro atoms. The van der Waals surface area contributed by atoms with E-state index in [4.69, 9.17) is 4.42 Å². The van der Waals surface area contributed by atoms with E-state index in [1.165, 1.54) is 27.8 Å². The van der Waals surface area contributed by atoms with Crippen molar-refractivity contribution in [3.63, 3.8) is 0 Å². The van der Waals surface area contributed by atoms with E-state index in [0.717, 1.165) is 55.9 Å². The number of hydrogen-bond donors (Lipinski definition) is 0. The molecule has 0 aliphatic heterocycles. The predicted octanol–water partition coefficient (Wildman–Crippen LogP) is 11.8. The Bertz CT molecular complexity index is 2280. The topological polar surface area (TPSA) is 38.9 Å². The van der Waals surface area contributed by atoms with E-state index in [1.807, 2.05) is 72.9 Å². The summed E-state index contributed by atoms with van der Waals surface area (Å²) in [7, 11) is 0. The molecular formula is C45H34IrN2O-2. The van der Waals surface area contributed by atoms with E-state index in [2.05, 4.69) is 116 Å². The van der Waals surface area contributed by atoms with E-state index >= 15 is 0 Å². The number of nitrogens with zero attached hydrogens (tertiary/aromatic N) is 2. The van der Waals surface area contributed by atoms with Crippen molar-refractivity contribution in [1.29, 1.82) is 0 Å². The fraction of sp³-hybridized carbons (Fsp3) is 0.0667. The molecule has 3 nitrogen and oxygen atoms in total. The number of aryl methyl sites for hydroxylation is 3. The third kappa shape index (κ3) is 7.68. The molecule has 8 rings (SSSR count). The monoisotopic (exact) mass is 811 g/mol. The van der Waals surface area contributed by atoms with Crippen molar-refractivity contribution in [2.45, 2.75) is 20.8 Å². The first-order valence-corrected chi connectivity index (χ1v) is 16.1. The number of aromatic nitrogens is 2. The Morgan fingerprint density at radius 2 is 1.33 bits per heavy atom. The van der Waals surface area contributed by atoms with Crippen molar-refractivity contribution >= 4 is 11.0 Å². The maximum Gasteiger partial charge on any atom is 0.135 e. The second-order valence-corrected chi connectivity index (χ2v) is 11.9. The minimum atomic E-state index is 0. The summed E-state index contributed by atoms with van der Waals surface area (Å²) in [4.78, 5) is 8.86. The van der Waals surface area contributed by atoms with Gasteiger partial charge in [0, 0.05) is 43.4 Å². The van der Waals surface area contributed by atoms with Crippen molar-refractivity contribution in [1.82, 2.24) is 9.97 Å². The molecule has 0 saturated carbocycles. The van der Waals surface area contributed by atoms with Crippen LogP contribution in [0.2, 0.25) is 0 Å². The molecule has 3 heterocycles. The van der Waals surface area contributed by atoms with Crippen LogP contribution in [0.15, 0.2) is 156 Å². The van der Waals surface area contributed by atoms with Gasteiger partial charge in [-0.1, -0.05) is 114 Å². The first-order valence-electron chi connectivity index (χ1n) is 16.1. The van der Waals surface area contributed by atoms with Crippen LogP contribution in [0.5, 0.6) is 0 Å². The maximum atomic E-state index is 6.19. The molecule has 0 amide bonds. The number of benzene rings is 5. The Morgan fingerprint density at radius 3 is 2.08 bits per heavy atom. The van der Waals surface area contributed by atoms with Crippen molar-refractivity contribution in [3.05, 3.63) is 181 Å². The Labute approximate surface area is 301 Å². The number of pyridine rings is 2. The van der Waals surface area contributed by atoms with Gasteiger partial charge in [-0.15, -0.1) is 59.2 Å². The second-order valence-electron chi connectivity index (χ2n) is 11.9. The minimum Gasteiger partial charge on any atom is -0.456 e. The summed E-state index contributed by atoms with van der Waals surface area (Å²) >= 11 is 0. The Balaban J connectivity index is 0.000000270. The zero-order valence-corrected chi connectivity index (χ0v) is 30.0. The summed E-state index contributed by atoms with van der Waals surface area (Å²) in [6.45, 7) is 6.37. The van der Waals surface area contributed by atoms with Gasteiger partial charge in [0.05, 0.1) is 0 Å². The molecule has 0 aliphatic carbocycles. The molecule has 0 fully saturated rings. The SMILES string of the molecule is Cc1cccc(-c2c(C)[c-]c(-c3cc(C)ccn3)cc2-c2ccc3oc(-c4ccccc4)cc3c2)c1.[Ir].[c-]1ccccc1-c1ccccn1. The van der Waals surface area contributed by atoms with Crippen LogP contribution in [0.4, 0.5) is 0 Å². The van der Waals surface area contributed by atoms with Gasteiger partial charge in [0.25, 0.3) is 0 Å². The van der Waals surface area contributed by atoms with Gasteiger partial charge in [-0.2, -0.15) is 0 Å². The van der Waals surface area contributed by atoms with Gasteiger partial charge < -0.3 is 14.4 Å². The predicted molar refractivity (Wildman–Crippen MR) is 197 cm³/mol. The van der Waals surface area contributed by atoms with E-state index in [-0.39, 0.29) is 20.1 Å². The van der Waals surface area contributed by atoms with Gasteiger partial charge in [-0.3, -0.25) is 0 Å². The smallest absolute Gasteiger partial charge is 0.135 e. The summed E-state index contributed by atoms with van der Waals surface area (Å²) in [6, 6.07) is 54.3. The van der Waals surface area contributed by atoms with Crippen molar-refractivity contribution in [2.75, 3.05) is 0 Å². The summed E-state index contributed by atoms with van der Waals surface area (Å²) < 4.78 is 6.19. The van der Waals surface area contributed by atoms with Crippen LogP contribution in [-0.2, 0) is 20.1 Å². The number of fused-ring (bicyclic) bond motifs is 1.